The molecule has 0 aliphatic rings. The predicted octanol–water partition coefficient (Wildman–Crippen LogP) is 5.41. The van der Waals surface area contributed by atoms with Crippen molar-refractivity contribution in [3.63, 3.8) is 0 Å². The molecule has 0 spiro atoms. The van der Waals surface area contributed by atoms with Crippen molar-refractivity contribution in [2.75, 3.05) is 0 Å². The van der Waals surface area contributed by atoms with Crippen LogP contribution in [0.1, 0.15) is 54.4 Å². The summed E-state index contributed by atoms with van der Waals surface area (Å²) in [5.41, 5.74) is 0.943. The van der Waals surface area contributed by atoms with Gasteiger partial charge in [-0.25, -0.2) is 0 Å². The Morgan fingerprint density at radius 3 is 1.80 bits per heavy atom. The van der Waals surface area contributed by atoms with Crippen molar-refractivity contribution in [1.82, 2.24) is 0 Å². The topological polar surface area (TPSA) is 20.2 Å². The Morgan fingerprint density at radius 1 is 1.07 bits per heavy atom. The lowest BCUT2D eigenvalue weighted by Crippen LogP contribution is -1.71. The summed E-state index contributed by atoms with van der Waals surface area (Å²) in [6.07, 6.45) is 10.9. The molecule has 90 valence electrons. The third-order valence-corrected chi connectivity index (χ3v) is 1.19. The predicted molar refractivity (Wildman–Crippen MR) is 72.3 cm³/mol. The fourth-order valence-corrected chi connectivity index (χ4v) is 0.542. The molecule has 0 heterocycles. The largest absolute Gasteiger partial charge is 0.515 e. The Hall–Kier alpha value is -0.980. The standard InChI is InChI=1S/C9H14O.C3H8.C2H6/c1-3-5-6-7-9(4-2)8-10;1-3-2;1-2/h3,5-8,10H,4H2,1-2H3;3H2,1-2H3;1-2H3/b5-3-,7-6-,9-8+;;. The lowest BCUT2D eigenvalue weighted by atomic mass is 10.2. The van der Waals surface area contributed by atoms with Gasteiger partial charge in [0.15, 0.2) is 0 Å². The minimum Gasteiger partial charge on any atom is -0.515 e. The van der Waals surface area contributed by atoms with E-state index >= 15 is 0 Å². The van der Waals surface area contributed by atoms with Crippen LogP contribution in [0.4, 0.5) is 0 Å². The zero-order valence-electron chi connectivity index (χ0n) is 11.2. The molecule has 1 heteroatoms. The zero-order chi connectivity index (χ0) is 12.5. The van der Waals surface area contributed by atoms with E-state index in [0.29, 0.717) is 0 Å². The molecular weight excluding hydrogens is 184 g/mol. The number of rotatable bonds is 3. The molecule has 15 heavy (non-hydrogen) atoms. The maximum absolute atomic E-state index is 8.59. The number of hydrogen-bond acceptors (Lipinski definition) is 1. The van der Waals surface area contributed by atoms with E-state index in [9.17, 15) is 0 Å². The van der Waals surface area contributed by atoms with E-state index in [2.05, 4.69) is 13.8 Å². The van der Waals surface area contributed by atoms with Crippen LogP contribution in [0.3, 0.4) is 0 Å². The van der Waals surface area contributed by atoms with Crippen LogP contribution in [0, 0.1) is 0 Å². The minimum atomic E-state index is 0.866. The molecule has 0 fully saturated rings. The molecule has 0 radical (unpaired) electrons. The zero-order valence-corrected chi connectivity index (χ0v) is 11.2. The Bertz CT molecular complexity index is 164. The maximum Gasteiger partial charge on any atom is 0.0823 e. The molecule has 0 aromatic carbocycles. The molecule has 0 aliphatic heterocycles. The van der Waals surface area contributed by atoms with Gasteiger partial charge in [0, 0.05) is 0 Å². The normalized spacial score (nSPS) is 10.7. The monoisotopic (exact) mass is 212 g/mol. The second-order valence-corrected chi connectivity index (χ2v) is 2.65. The molecule has 0 aromatic rings. The first-order chi connectivity index (χ1) is 7.26. The molecule has 1 N–H and O–H groups in total. The SMILES string of the molecule is CC.CCC.C\C=C/C=C\C(=C\O)CC. The van der Waals surface area contributed by atoms with Gasteiger partial charge in [0.25, 0.3) is 0 Å². The van der Waals surface area contributed by atoms with Gasteiger partial charge in [0.2, 0.25) is 0 Å². The Kier molecular flexibility index (Phi) is 30.2. The fourth-order valence-electron chi connectivity index (χ4n) is 0.542. The lowest BCUT2D eigenvalue weighted by molar-refractivity contribution is 0.467. The Balaban J connectivity index is -0.000000245. The smallest absolute Gasteiger partial charge is 0.0823 e. The maximum atomic E-state index is 8.59. The molecule has 0 unspecified atom stereocenters. The van der Waals surface area contributed by atoms with Gasteiger partial charge >= 0.3 is 0 Å². The van der Waals surface area contributed by atoms with Crippen molar-refractivity contribution in [3.05, 3.63) is 36.1 Å². The molecule has 0 saturated heterocycles. The summed E-state index contributed by atoms with van der Waals surface area (Å²) in [4.78, 5) is 0. The van der Waals surface area contributed by atoms with Gasteiger partial charge in [-0.05, 0) is 18.9 Å². The summed E-state index contributed by atoms with van der Waals surface area (Å²) in [6, 6.07) is 0. The molecule has 0 rings (SSSR count). The highest BCUT2D eigenvalue weighted by atomic mass is 16.2. The third kappa shape index (κ3) is 24.6. The van der Waals surface area contributed by atoms with Crippen molar-refractivity contribution in [2.45, 2.75) is 54.4 Å². The average Bonchev–Trinajstić information content (AvgIpc) is 2.28. The van der Waals surface area contributed by atoms with Crippen LogP contribution in [0.5, 0.6) is 0 Å². The van der Waals surface area contributed by atoms with Gasteiger partial charge in [-0.1, -0.05) is 65.3 Å². The second-order valence-electron chi connectivity index (χ2n) is 2.65. The van der Waals surface area contributed by atoms with Crippen molar-refractivity contribution in [3.8, 4) is 0 Å². The molecule has 0 amide bonds. The lowest BCUT2D eigenvalue weighted by Gasteiger charge is -1.89. The highest BCUT2D eigenvalue weighted by molar-refractivity contribution is 5.19. The molecule has 0 aromatic heterocycles. The van der Waals surface area contributed by atoms with Crippen LogP contribution < -0.4 is 0 Å². The van der Waals surface area contributed by atoms with Gasteiger partial charge in [-0.15, -0.1) is 0 Å². The van der Waals surface area contributed by atoms with Crippen molar-refractivity contribution in [2.24, 2.45) is 0 Å². The van der Waals surface area contributed by atoms with Crippen molar-refractivity contribution < 1.29 is 5.11 Å². The first-order valence-corrected chi connectivity index (χ1v) is 5.89. The number of aliphatic hydroxyl groups excluding tert-OH is 1. The first-order valence-electron chi connectivity index (χ1n) is 5.89. The quantitative estimate of drug-likeness (QED) is 0.489. The van der Waals surface area contributed by atoms with E-state index in [1.807, 2.05) is 52.0 Å². The number of hydrogen-bond donors (Lipinski definition) is 1. The van der Waals surface area contributed by atoms with Crippen LogP contribution >= 0.6 is 0 Å². The summed E-state index contributed by atoms with van der Waals surface area (Å²) < 4.78 is 0. The molecular formula is C14H28O. The van der Waals surface area contributed by atoms with Crippen LogP contribution in [-0.2, 0) is 0 Å². The Morgan fingerprint density at radius 2 is 1.53 bits per heavy atom. The Labute approximate surface area is 96.2 Å². The average molecular weight is 212 g/mol. The molecule has 0 atom stereocenters. The summed E-state index contributed by atoms with van der Waals surface area (Å²) >= 11 is 0. The highest BCUT2D eigenvalue weighted by Crippen LogP contribution is 2.00. The summed E-state index contributed by atoms with van der Waals surface area (Å²) in [5.74, 6) is 0. The number of aliphatic hydroxyl groups is 1. The van der Waals surface area contributed by atoms with Crippen molar-refractivity contribution in [1.29, 1.82) is 0 Å². The van der Waals surface area contributed by atoms with E-state index in [1.165, 1.54) is 6.42 Å². The minimum absolute atomic E-state index is 0.866. The molecule has 0 bridgehead atoms. The van der Waals surface area contributed by atoms with Crippen LogP contribution in [0.15, 0.2) is 36.1 Å². The van der Waals surface area contributed by atoms with E-state index in [0.717, 1.165) is 18.3 Å². The van der Waals surface area contributed by atoms with Crippen molar-refractivity contribution >= 4 is 0 Å². The molecule has 0 saturated carbocycles. The van der Waals surface area contributed by atoms with E-state index in [-0.39, 0.29) is 0 Å². The third-order valence-electron chi connectivity index (χ3n) is 1.19. The second kappa shape index (κ2) is 23.1. The van der Waals surface area contributed by atoms with E-state index in [1.54, 1.807) is 0 Å². The van der Waals surface area contributed by atoms with E-state index in [4.69, 9.17) is 5.11 Å². The fraction of sp³-hybridized carbons (Fsp3) is 0.571. The van der Waals surface area contributed by atoms with Gasteiger partial charge in [-0.3, -0.25) is 0 Å². The summed E-state index contributed by atoms with van der Waals surface area (Å²) in [6.45, 7) is 12.2. The van der Waals surface area contributed by atoms with Gasteiger partial charge < -0.3 is 5.11 Å². The van der Waals surface area contributed by atoms with Crippen LogP contribution in [0.2, 0.25) is 0 Å². The van der Waals surface area contributed by atoms with Crippen LogP contribution in [0.25, 0.3) is 0 Å². The summed E-state index contributed by atoms with van der Waals surface area (Å²) in [7, 11) is 0. The number of allylic oxidation sites excluding steroid dienone is 5. The highest BCUT2D eigenvalue weighted by Gasteiger charge is 1.82. The van der Waals surface area contributed by atoms with Gasteiger partial charge in [0.1, 0.15) is 0 Å². The van der Waals surface area contributed by atoms with E-state index < -0.39 is 0 Å². The van der Waals surface area contributed by atoms with Gasteiger partial charge in [-0.2, -0.15) is 0 Å². The first kappa shape index (κ1) is 19.6. The molecule has 1 nitrogen and oxygen atoms in total. The molecule has 0 aliphatic carbocycles. The van der Waals surface area contributed by atoms with Crippen LogP contribution in [-0.4, -0.2) is 5.11 Å². The summed E-state index contributed by atoms with van der Waals surface area (Å²) in [5, 5.41) is 8.59. The van der Waals surface area contributed by atoms with Gasteiger partial charge in [0.05, 0.1) is 6.26 Å².